The molecule has 1 unspecified atom stereocenters. The standard InChI is InChI=1S/C17H23N3O3S.ClH/c1-10-7-14(22-3)15(23-4)8-12(10)11(2)19-17(21)13-9-24-16(20-13)5-6-18;/h7-9,11H,5-6,18H2,1-4H3,(H,19,21);1H. The largest absolute Gasteiger partial charge is 0.493 e. The first-order valence-corrected chi connectivity index (χ1v) is 8.56. The molecule has 0 radical (unpaired) electrons. The molecule has 1 aromatic heterocycles. The third-order valence-electron chi connectivity index (χ3n) is 3.73. The molecule has 0 spiro atoms. The molecule has 2 aromatic rings. The number of thiazole rings is 1. The van der Waals surface area contributed by atoms with Crippen LogP contribution < -0.4 is 20.5 Å². The third-order valence-corrected chi connectivity index (χ3v) is 4.64. The summed E-state index contributed by atoms with van der Waals surface area (Å²) in [5.74, 6) is 1.11. The lowest BCUT2D eigenvalue weighted by molar-refractivity contribution is 0.0935. The molecule has 1 atom stereocenters. The van der Waals surface area contributed by atoms with Crippen molar-refractivity contribution in [1.82, 2.24) is 10.3 Å². The van der Waals surface area contributed by atoms with Crippen molar-refractivity contribution in [2.24, 2.45) is 5.73 Å². The highest BCUT2D eigenvalue weighted by Crippen LogP contribution is 2.32. The van der Waals surface area contributed by atoms with Crippen molar-refractivity contribution in [3.63, 3.8) is 0 Å². The molecule has 3 N–H and O–H groups in total. The molecule has 8 heteroatoms. The molecule has 2 rings (SSSR count). The average molecular weight is 386 g/mol. The predicted octanol–water partition coefficient (Wildman–Crippen LogP) is 2.88. The fraction of sp³-hybridized carbons (Fsp3) is 0.412. The fourth-order valence-corrected chi connectivity index (χ4v) is 3.26. The second-order valence-corrected chi connectivity index (χ2v) is 6.37. The van der Waals surface area contributed by atoms with Crippen molar-refractivity contribution in [2.45, 2.75) is 26.3 Å². The zero-order valence-electron chi connectivity index (χ0n) is 14.8. The monoisotopic (exact) mass is 385 g/mol. The highest BCUT2D eigenvalue weighted by Gasteiger charge is 2.18. The first kappa shape index (κ1) is 21.2. The van der Waals surface area contributed by atoms with Crippen LogP contribution in [0.3, 0.4) is 0 Å². The molecule has 25 heavy (non-hydrogen) atoms. The van der Waals surface area contributed by atoms with Crippen LogP contribution in [0.4, 0.5) is 0 Å². The molecule has 1 aromatic carbocycles. The molecule has 0 fully saturated rings. The minimum absolute atomic E-state index is 0. The van der Waals surface area contributed by atoms with Gasteiger partial charge in [-0.25, -0.2) is 4.98 Å². The summed E-state index contributed by atoms with van der Waals surface area (Å²) in [6, 6.07) is 3.61. The van der Waals surface area contributed by atoms with Crippen LogP contribution in [-0.2, 0) is 6.42 Å². The number of hydrogen-bond donors (Lipinski definition) is 2. The van der Waals surface area contributed by atoms with Crippen LogP contribution in [-0.4, -0.2) is 31.7 Å². The minimum Gasteiger partial charge on any atom is -0.493 e. The molecule has 1 heterocycles. The first-order chi connectivity index (χ1) is 11.5. The van der Waals surface area contributed by atoms with Gasteiger partial charge in [0.05, 0.1) is 25.3 Å². The molecule has 0 aliphatic carbocycles. The molecule has 6 nitrogen and oxygen atoms in total. The lowest BCUT2D eigenvalue weighted by Gasteiger charge is -2.18. The summed E-state index contributed by atoms with van der Waals surface area (Å²) in [4.78, 5) is 16.7. The van der Waals surface area contributed by atoms with Crippen LogP contribution >= 0.6 is 23.7 Å². The molecule has 0 saturated carbocycles. The van der Waals surface area contributed by atoms with E-state index >= 15 is 0 Å². The summed E-state index contributed by atoms with van der Waals surface area (Å²) in [7, 11) is 3.19. The van der Waals surface area contributed by atoms with Gasteiger partial charge in [0.15, 0.2) is 11.5 Å². The van der Waals surface area contributed by atoms with E-state index in [0.29, 0.717) is 30.2 Å². The van der Waals surface area contributed by atoms with Gasteiger partial charge in [0.2, 0.25) is 0 Å². The number of ether oxygens (including phenoxy) is 2. The van der Waals surface area contributed by atoms with Crippen LogP contribution in [0.5, 0.6) is 11.5 Å². The van der Waals surface area contributed by atoms with Gasteiger partial charge in [-0.3, -0.25) is 4.79 Å². The topological polar surface area (TPSA) is 86.5 Å². The van der Waals surface area contributed by atoms with E-state index in [1.807, 2.05) is 26.0 Å². The number of benzene rings is 1. The number of amides is 1. The molecule has 0 aliphatic heterocycles. The smallest absolute Gasteiger partial charge is 0.271 e. The Hall–Kier alpha value is -1.83. The van der Waals surface area contributed by atoms with Gasteiger partial charge >= 0.3 is 0 Å². The quantitative estimate of drug-likeness (QED) is 0.765. The van der Waals surface area contributed by atoms with Gasteiger partial charge < -0.3 is 20.5 Å². The van der Waals surface area contributed by atoms with Crippen molar-refractivity contribution in [3.05, 3.63) is 39.3 Å². The van der Waals surface area contributed by atoms with Gasteiger partial charge in [0, 0.05) is 11.8 Å². The van der Waals surface area contributed by atoms with Gasteiger partial charge in [0.25, 0.3) is 5.91 Å². The Kier molecular flexibility index (Phi) is 8.15. The number of nitrogens with two attached hydrogens (primary N) is 1. The number of nitrogens with zero attached hydrogens (tertiary/aromatic N) is 1. The van der Waals surface area contributed by atoms with Crippen LogP contribution in [0.15, 0.2) is 17.5 Å². The summed E-state index contributed by atoms with van der Waals surface area (Å²) >= 11 is 1.45. The number of rotatable bonds is 7. The van der Waals surface area contributed by atoms with E-state index in [2.05, 4.69) is 10.3 Å². The van der Waals surface area contributed by atoms with Crippen molar-refractivity contribution < 1.29 is 14.3 Å². The maximum absolute atomic E-state index is 12.4. The molecule has 1 amide bonds. The Balaban J connectivity index is 0.00000312. The van der Waals surface area contributed by atoms with Crippen LogP contribution in [0.2, 0.25) is 0 Å². The minimum atomic E-state index is -0.198. The lowest BCUT2D eigenvalue weighted by atomic mass is 10.0. The van der Waals surface area contributed by atoms with Crippen LogP contribution in [0.25, 0.3) is 0 Å². The van der Waals surface area contributed by atoms with E-state index < -0.39 is 0 Å². The summed E-state index contributed by atoms with van der Waals surface area (Å²) in [6.45, 7) is 4.43. The summed E-state index contributed by atoms with van der Waals surface area (Å²) in [5, 5.41) is 5.61. The van der Waals surface area contributed by atoms with Crippen LogP contribution in [0, 0.1) is 6.92 Å². The SMILES string of the molecule is COc1cc(C)c(C(C)NC(=O)c2csc(CCN)n2)cc1OC.Cl. The zero-order valence-corrected chi connectivity index (χ0v) is 16.4. The highest BCUT2D eigenvalue weighted by atomic mass is 35.5. The molecular weight excluding hydrogens is 362 g/mol. The summed E-state index contributed by atoms with van der Waals surface area (Å²) in [5.41, 5.74) is 7.93. The van der Waals surface area contributed by atoms with Crippen molar-refractivity contribution in [2.75, 3.05) is 20.8 Å². The van der Waals surface area contributed by atoms with Crippen molar-refractivity contribution in [1.29, 1.82) is 0 Å². The van der Waals surface area contributed by atoms with Gasteiger partial charge in [-0.15, -0.1) is 23.7 Å². The van der Waals surface area contributed by atoms with Gasteiger partial charge in [-0.05, 0) is 43.7 Å². The van der Waals surface area contributed by atoms with E-state index in [0.717, 1.165) is 16.1 Å². The molecule has 0 bridgehead atoms. The molecule has 0 saturated heterocycles. The second kappa shape index (κ2) is 9.60. The Bertz CT molecular complexity index is 721. The average Bonchev–Trinajstić information content (AvgIpc) is 3.03. The maximum atomic E-state index is 12.4. The Morgan fingerprint density at radius 3 is 2.56 bits per heavy atom. The zero-order chi connectivity index (χ0) is 17.7. The van der Waals surface area contributed by atoms with E-state index in [-0.39, 0.29) is 24.4 Å². The lowest BCUT2D eigenvalue weighted by Crippen LogP contribution is -2.27. The Morgan fingerprint density at radius 2 is 1.96 bits per heavy atom. The number of aryl methyl sites for hydroxylation is 1. The Morgan fingerprint density at radius 1 is 1.32 bits per heavy atom. The van der Waals surface area contributed by atoms with E-state index in [4.69, 9.17) is 15.2 Å². The molecular formula is C17H24ClN3O3S. The number of hydrogen-bond acceptors (Lipinski definition) is 6. The van der Waals surface area contributed by atoms with Crippen molar-refractivity contribution >= 4 is 29.7 Å². The number of halogens is 1. The van der Waals surface area contributed by atoms with Crippen molar-refractivity contribution in [3.8, 4) is 11.5 Å². The maximum Gasteiger partial charge on any atom is 0.271 e. The number of carbonyl (C=O) groups is 1. The fourth-order valence-electron chi connectivity index (χ4n) is 2.46. The molecule has 138 valence electrons. The number of aromatic nitrogens is 1. The third kappa shape index (κ3) is 5.07. The highest BCUT2D eigenvalue weighted by molar-refractivity contribution is 7.09. The summed E-state index contributed by atoms with van der Waals surface area (Å²) in [6.07, 6.45) is 0.683. The van der Waals surface area contributed by atoms with Gasteiger partial charge in [0.1, 0.15) is 5.69 Å². The normalized spacial score (nSPS) is 11.4. The summed E-state index contributed by atoms with van der Waals surface area (Å²) < 4.78 is 10.6. The van der Waals surface area contributed by atoms with E-state index in [1.54, 1.807) is 19.6 Å². The number of nitrogens with one attached hydrogen (secondary N) is 1. The molecule has 0 aliphatic rings. The predicted molar refractivity (Wildman–Crippen MR) is 102 cm³/mol. The Labute approximate surface area is 158 Å². The van der Waals surface area contributed by atoms with E-state index in [9.17, 15) is 4.79 Å². The first-order valence-electron chi connectivity index (χ1n) is 7.68. The second-order valence-electron chi connectivity index (χ2n) is 5.42. The van der Waals surface area contributed by atoms with Gasteiger partial charge in [-0.2, -0.15) is 0 Å². The van der Waals surface area contributed by atoms with Crippen LogP contribution in [0.1, 0.15) is 39.6 Å². The number of methoxy groups -OCH3 is 2. The van der Waals surface area contributed by atoms with E-state index in [1.165, 1.54) is 11.3 Å². The van der Waals surface area contributed by atoms with Gasteiger partial charge in [-0.1, -0.05) is 0 Å². The number of carbonyl (C=O) groups excluding carboxylic acids is 1.